The van der Waals surface area contributed by atoms with E-state index in [1.807, 2.05) is 35.0 Å². The second kappa shape index (κ2) is 5.81. The number of Topliss-reactive ketones (excluding diaryl/α,β-unsaturated/α-hetero) is 1. The fraction of sp³-hybridized carbons (Fsp3) is 0.421. The normalized spacial score (nSPS) is 20.4. The van der Waals surface area contributed by atoms with E-state index in [1.54, 1.807) is 0 Å². The number of carbonyl (C=O) groups is 1. The van der Waals surface area contributed by atoms with Crippen molar-refractivity contribution in [3.63, 3.8) is 0 Å². The summed E-state index contributed by atoms with van der Waals surface area (Å²) in [6, 6.07) is 8.00. The van der Waals surface area contributed by atoms with Crippen molar-refractivity contribution in [1.82, 2.24) is 14.7 Å². The standard InChI is InChI=1S/C19H19N3O3/c23-18(12-5-6-12)15-9-22(16-4-2-1-3-14(15)16)10-17-20-19(21-25-17)13-7-8-24-11-13/h1-4,9,12-13H,5-8,10-11H2/t13-/m0/s1. The minimum Gasteiger partial charge on any atom is -0.381 e. The lowest BCUT2D eigenvalue weighted by molar-refractivity contribution is 0.0969. The molecule has 0 radical (unpaired) electrons. The topological polar surface area (TPSA) is 70.2 Å². The van der Waals surface area contributed by atoms with E-state index >= 15 is 0 Å². The number of ketones is 1. The lowest BCUT2D eigenvalue weighted by Gasteiger charge is -2.01. The Bertz CT molecular complexity index is 932. The number of para-hydroxylation sites is 1. The summed E-state index contributed by atoms with van der Waals surface area (Å²) in [6.07, 6.45) is 4.89. The van der Waals surface area contributed by atoms with Gasteiger partial charge in [-0.05, 0) is 25.3 Å². The quantitative estimate of drug-likeness (QED) is 0.669. The third kappa shape index (κ3) is 2.66. The Morgan fingerprint density at radius 2 is 2.12 bits per heavy atom. The minimum absolute atomic E-state index is 0.205. The number of aromatic nitrogens is 3. The molecule has 0 unspecified atom stereocenters. The van der Waals surface area contributed by atoms with Crippen LogP contribution in [0.2, 0.25) is 0 Å². The summed E-state index contributed by atoms with van der Waals surface area (Å²) in [5.74, 6) is 1.97. The van der Waals surface area contributed by atoms with Gasteiger partial charge >= 0.3 is 0 Å². The first kappa shape index (κ1) is 14.8. The maximum atomic E-state index is 12.6. The van der Waals surface area contributed by atoms with E-state index in [1.165, 1.54) is 0 Å². The summed E-state index contributed by atoms with van der Waals surface area (Å²) in [5.41, 5.74) is 1.83. The van der Waals surface area contributed by atoms with Crippen LogP contribution in [0.3, 0.4) is 0 Å². The maximum Gasteiger partial charge on any atom is 0.246 e. The highest BCUT2D eigenvalue weighted by atomic mass is 16.5. The van der Waals surface area contributed by atoms with Crippen LogP contribution >= 0.6 is 0 Å². The number of carbonyl (C=O) groups excluding carboxylic acids is 1. The Kier molecular flexibility index (Phi) is 3.45. The average Bonchev–Trinajstić information content (AvgIpc) is 3.03. The molecule has 2 fully saturated rings. The highest BCUT2D eigenvalue weighted by molar-refractivity contribution is 6.09. The molecular formula is C19H19N3O3. The fourth-order valence-electron chi connectivity index (χ4n) is 3.52. The van der Waals surface area contributed by atoms with Gasteiger partial charge in [0.2, 0.25) is 5.89 Å². The third-order valence-electron chi connectivity index (χ3n) is 5.09. The van der Waals surface area contributed by atoms with E-state index in [2.05, 4.69) is 10.1 Å². The van der Waals surface area contributed by atoms with Crippen LogP contribution in [-0.4, -0.2) is 33.7 Å². The van der Waals surface area contributed by atoms with E-state index in [-0.39, 0.29) is 17.6 Å². The van der Waals surface area contributed by atoms with E-state index in [4.69, 9.17) is 9.26 Å². The molecule has 3 heterocycles. The van der Waals surface area contributed by atoms with Gasteiger partial charge in [-0.3, -0.25) is 4.79 Å². The minimum atomic E-state index is 0.205. The fourth-order valence-corrected chi connectivity index (χ4v) is 3.52. The first-order chi connectivity index (χ1) is 12.3. The molecule has 0 bridgehead atoms. The SMILES string of the molecule is O=C(c1cn(Cc2nc([C@H]3CCOC3)no2)c2ccccc12)C1CC1. The van der Waals surface area contributed by atoms with Gasteiger partial charge in [0.25, 0.3) is 0 Å². The van der Waals surface area contributed by atoms with Gasteiger partial charge in [-0.1, -0.05) is 23.4 Å². The molecule has 0 amide bonds. The molecule has 1 aromatic carbocycles. The summed E-state index contributed by atoms with van der Waals surface area (Å²) in [6.45, 7) is 1.88. The van der Waals surface area contributed by atoms with Crippen molar-refractivity contribution in [2.75, 3.05) is 13.2 Å². The maximum absolute atomic E-state index is 12.6. The monoisotopic (exact) mass is 337 g/mol. The van der Waals surface area contributed by atoms with E-state index in [0.29, 0.717) is 19.0 Å². The van der Waals surface area contributed by atoms with Crippen molar-refractivity contribution in [2.24, 2.45) is 5.92 Å². The summed E-state index contributed by atoms with van der Waals surface area (Å²) in [4.78, 5) is 17.1. The summed E-state index contributed by atoms with van der Waals surface area (Å²) < 4.78 is 12.9. The Morgan fingerprint density at radius 3 is 2.92 bits per heavy atom. The van der Waals surface area contributed by atoms with Crippen LogP contribution in [0, 0.1) is 5.92 Å². The second-order valence-electron chi connectivity index (χ2n) is 6.93. The number of benzene rings is 1. The molecule has 6 heteroatoms. The van der Waals surface area contributed by atoms with Crippen molar-refractivity contribution < 1.29 is 14.1 Å². The van der Waals surface area contributed by atoms with Gasteiger partial charge in [-0.2, -0.15) is 4.98 Å². The molecule has 3 aromatic rings. The first-order valence-corrected chi connectivity index (χ1v) is 8.82. The summed E-state index contributed by atoms with van der Waals surface area (Å²) >= 11 is 0. The molecular weight excluding hydrogens is 318 g/mol. The molecule has 128 valence electrons. The van der Waals surface area contributed by atoms with E-state index in [9.17, 15) is 4.79 Å². The number of ether oxygens (including phenoxy) is 1. The molecule has 2 aliphatic rings. The largest absolute Gasteiger partial charge is 0.381 e. The zero-order valence-electron chi connectivity index (χ0n) is 13.9. The molecule has 5 rings (SSSR count). The second-order valence-corrected chi connectivity index (χ2v) is 6.93. The third-order valence-corrected chi connectivity index (χ3v) is 5.09. The van der Waals surface area contributed by atoms with Crippen molar-refractivity contribution >= 4 is 16.7 Å². The van der Waals surface area contributed by atoms with E-state index < -0.39 is 0 Å². The Hall–Kier alpha value is -2.47. The number of rotatable bonds is 5. The van der Waals surface area contributed by atoms with Crippen LogP contribution in [0.1, 0.15) is 47.3 Å². The smallest absolute Gasteiger partial charge is 0.246 e. The Morgan fingerprint density at radius 1 is 1.24 bits per heavy atom. The molecule has 2 aromatic heterocycles. The van der Waals surface area contributed by atoms with Gasteiger partial charge in [0.05, 0.1) is 6.61 Å². The Balaban J connectivity index is 1.47. The van der Waals surface area contributed by atoms with Crippen molar-refractivity contribution in [3.8, 4) is 0 Å². The lowest BCUT2D eigenvalue weighted by Crippen LogP contribution is -2.02. The van der Waals surface area contributed by atoms with Crippen LogP contribution in [0.5, 0.6) is 0 Å². The predicted octanol–water partition coefficient (Wildman–Crippen LogP) is 3.17. The molecule has 1 aliphatic carbocycles. The van der Waals surface area contributed by atoms with Gasteiger partial charge in [-0.15, -0.1) is 0 Å². The predicted molar refractivity (Wildman–Crippen MR) is 90.6 cm³/mol. The summed E-state index contributed by atoms with van der Waals surface area (Å²) in [7, 11) is 0. The van der Waals surface area contributed by atoms with Crippen LogP contribution < -0.4 is 0 Å². The molecule has 1 saturated carbocycles. The van der Waals surface area contributed by atoms with Gasteiger partial charge in [0.1, 0.15) is 6.54 Å². The number of hydrogen-bond acceptors (Lipinski definition) is 5. The first-order valence-electron chi connectivity index (χ1n) is 8.82. The van der Waals surface area contributed by atoms with Gasteiger partial charge in [-0.25, -0.2) is 0 Å². The molecule has 6 nitrogen and oxygen atoms in total. The van der Waals surface area contributed by atoms with E-state index in [0.717, 1.165) is 48.2 Å². The molecule has 0 spiro atoms. The molecule has 0 N–H and O–H groups in total. The molecule has 1 aliphatic heterocycles. The number of nitrogens with zero attached hydrogens (tertiary/aromatic N) is 3. The molecule has 1 atom stereocenters. The van der Waals surface area contributed by atoms with Gasteiger partial charge < -0.3 is 13.8 Å². The summed E-state index contributed by atoms with van der Waals surface area (Å²) in [5, 5.41) is 5.11. The molecule has 1 saturated heterocycles. The Labute approximate surface area is 144 Å². The van der Waals surface area contributed by atoms with Gasteiger partial charge in [0, 0.05) is 41.1 Å². The zero-order valence-corrected chi connectivity index (χ0v) is 13.9. The highest BCUT2D eigenvalue weighted by Gasteiger charge is 2.32. The van der Waals surface area contributed by atoms with Gasteiger partial charge in [0.15, 0.2) is 11.6 Å². The molecule has 25 heavy (non-hydrogen) atoms. The van der Waals surface area contributed by atoms with Crippen LogP contribution in [-0.2, 0) is 11.3 Å². The average molecular weight is 337 g/mol. The van der Waals surface area contributed by atoms with Crippen LogP contribution in [0.25, 0.3) is 10.9 Å². The number of hydrogen-bond donors (Lipinski definition) is 0. The van der Waals surface area contributed by atoms with Crippen molar-refractivity contribution in [2.45, 2.75) is 31.7 Å². The number of fused-ring (bicyclic) bond motifs is 1. The van der Waals surface area contributed by atoms with Crippen LogP contribution in [0.4, 0.5) is 0 Å². The zero-order chi connectivity index (χ0) is 16.8. The van der Waals surface area contributed by atoms with Crippen molar-refractivity contribution in [1.29, 1.82) is 0 Å². The van der Waals surface area contributed by atoms with Crippen molar-refractivity contribution in [3.05, 3.63) is 47.7 Å². The van der Waals surface area contributed by atoms with Crippen LogP contribution in [0.15, 0.2) is 35.0 Å². The highest BCUT2D eigenvalue weighted by Crippen LogP contribution is 2.35. The lowest BCUT2D eigenvalue weighted by atomic mass is 10.1.